The molecule has 0 radical (unpaired) electrons. The van der Waals surface area contributed by atoms with Gasteiger partial charge in [-0.25, -0.2) is 0 Å². The molecule has 0 spiro atoms. The normalized spacial score (nSPS) is 10.5. The summed E-state index contributed by atoms with van der Waals surface area (Å²) in [7, 11) is 3.52. The summed E-state index contributed by atoms with van der Waals surface area (Å²) in [5.41, 5.74) is 0. The van der Waals surface area contributed by atoms with Gasteiger partial charge in [-0.3, -0.25) is 0 Å². The maximum atomic E-state index is 4.57. The van der Waals surface area contributed by atoms with Crippen molar-refractivity contribution >= 4 is 25.2 Å². The van der Waals surface area contributed by atoms with Crippen LogP contribution in [0.25, 0.3) is 0 Å². The van der Waals surface area contributed by atoms with E-state index >= 15 is 0 Å². The topological polar surface area (TPSA) is 0 Å². The fraction of sp³-hybridized carbons (Fsp3) is 1.00. The van der Waals surface area contributed by atoms with Crippen LogP contribution in [0.3, 0.4) is 0 Å². The van der Waals surface area contributed by atoms with Crippen LogP contribution in [-0.2, 0) is 11.8 Å². The Morgan fingerprint density at radius 2 is 2.00 bits per heavy atom. The molecular weight excluding hydrogens is 85.9 g/mol. The van der Waals surface area contributed by atoms with Gasteiger partial charge >= 0.3 is 31.8 Å². The second-order valence-corrected chi connectivity index (χ2v) is 3.75. The number of hydrogen-bond acceptors (Lipinski definition) is 1. The molecule has 0 amide bonds. The third-order valence-electron chi connectivity index (χ3n) is 0. The van der Waals surface area contributed by atoms with E-state index in [9.17, 15) is 0 Å². The van der Waals surface area contributed by atoms with Crippen LogP contribution in [-0.4, -0.2) is 13.8 Å². The van der Waals surface area contributed by atoms with E-state index in [-0.39, 0.29) is 6.19 Å². The van der Waals surface area contributed by atoms with E-state index in [0.29, 0.717) is 0 Å². The molecule has 0 nitrogen and oxygen atoms in total. The van der Waals surface area contributed by atoms with Gasteiger partial charge in [-0.1, -0.05) is 0 Å². The Morgan fingerprint density at radius 3 is 2.00 bits per heavy atom. The third-order valence-corrected chi connectivity index (χ3v) is 0. The first-order chi connectivity index (χ1) is 1.73. The van der Waals surface area contributed by atoms with Gasteiger partial charge in [0.25, 0.3) is 0 Å². The van der Waals surface area contributed by atoms with Crippen LogP contribution < -0.4 is 0 Å². The molecule has 0 saturated heterocycles. The fourth-order valence-corrected chi connectivity index (χ4v) is 0. The van der Waals surface area contributed by atoms with Crippen molar-refractivity contribution in [3.63, 3.8) is 0 Å². The van der Waals surface area contributed by atoms with Crippen LogP contribution in [0.2, 0.25) is 0 Å². The molecule has 0 aromatic rings. The summed E-state index contributed by atoms with van der Waals surface area (Å²) < 4.78 is 0. The van der Waals surface area contributed by atoms with Crippen molar-refractivity contribution in [3.05, 3.63) is 0 Å². The van der Waals surface area contributed by atoms with Gasteiger partial charge in [0.15, 0.2) is 0 Å². The minimum atomic E-state index is -0.287. The maximum absolute atomic E-state index is 4.57. The molecule has 0 fully saturated rings. The SMILES string of the molecule is B=P(C)=S. The van der Waals surface area contributed by atoms with Crippen LogP contribution >= 0.6 is 6.19 Å². The van der Waals surface area contributed by atoms with E-state index in [1.165, 1.54) is 0 Å². The molecular formula is CH4BPS. The van der Waals surface area contributed by atoms with E-state index in [1.807, 2.05) is 6.66 Å². The van der Waals surface area contributed by atoms with Gasteiger partial charge in [0.2, 0.25) is 0 Å². The van der Waals surface area contributed by atoms with Gasteiger partial charge in [-0.2, -0.15) is 0 Å². The van der Waals surface area contributed by atoms with Crippen molar-refractivity contribution in [1.82, 2.24) is 0 Å². The van der Waals surface area contributed by atoms with Gasteiger partial charge in [0.05, 0.1) is 0 Å². The van der Waals surface area contributed by atoms with E-state index in [4.69, 9.17) is 0 Å². The molecule has 0 N–H and O–H groups in total. The standard InChI is InChI=1S/CH4BPS/c1-3(2)4/h2H,1H3. The van der Waals surface area contributed by atoms with Crippen LogP contribution in [0.4, 0.5) is 0 Å². The van der Waals surface area contributed by atoms with E-state index in [0.717, 1.165) is 0 Å². The molecule has 0 aliphatic rings. The first-order valence-electron chi connectivity index (χ1n) is 0.946. The predicted octanol–water partition coefficient (Wildman–Crippen LogP) is 0.376. The molecule has 0 saturated carbocycles. The first kappa shape index (κ1) is 4.58. The zero-order valence-corrected chi connectivity index (χ0v) is 4.27. The molecule has 22 valence electrons. The Hall–Kier alpha value is 0.585. The van der Waals surface area contributed by atoms with Crippen LogP contribution in [0, 0.1) is 0 Å². The summed E-state index contributed by atoms with van der Waals surface area (Å²) in [6.45, 7) is 1.94. The summed E-state index contributed by atoms with van der Waals surface area (Å²) in [4.78, 5) is 0. The molecule has 0 heterocycles. The molecule has 0 aromatic carbocycles. The monoisotopic (exact) mass is 90.0 g/mol. The van der Waals surface area contributed by atoms with E-state index < -0.39 is 0 Å². The molecule has 0 bridgehead atoms. The summed E-state index contributed by atoms with van der Waals surface area (Å²) >= 11 is 4.57. The van der Waals surface area contributed by atoms with Crippen molar-refractivity contribution in [1.29, 1.82) is 0 Å². The summed E-state index contributed by atoms with van der Waals surface area (Å²) in [5, 5.41) is 0. The van der Waals surface area contributed by atoms with Gasteiger partial charge in [-0.05, 0) is 0 Å². The molecule has 1 atom stereocenters. The second kappa shape index (κ2) is 1.86. The van der Waals surface area contributed by atoms with Crippen molar-refractivity contribution in [2.75, 3.05) is 6.66 Å². The van der Waals surface area contributed by atoms with E-state index in [1.54, 1.807) is 0 Å². The van der Waals surface area contributed by atoms with Crippen LogP contribution in [0.1, 0.15) is 0 Å². The Labute approximate surface area is 32.6 Å². The van der Waals surface area contributed by atoms with Gasteiger partial charge in [0, 0.05) is 0 Å². The minimum absolute atomic E-state index is 0.287. The van der Waals surface area contributed by atoms with E-state index in [2.05, 4.69) is 19.0 Å². The summed E-state index contributed by atoms with van der Waals surface area (Å²) in [5.74, 6) is 0. The Balaban J connectivity index is 3.51. The molecule has 0 rings (SSSR count). The predicted molar refractivity (Wildman–Crippen MR) is 27.4 cm³/mol. The Morgan fingerprint density at radius 1 is 2.00 bits per heavy atom. The van der Waals surface area contributed by atoms with Crippen molar-refractivity contribution in [2.24, 2.45) is 0 Å². The summed E-state index contributed by atoms with van der Waals surface area (Å²) in [6.07, 6.45) is -0.287. The second-order valence-electron chi connectivity index (χ2n) is 0.628. The molecule has 0 aliphatic carbocycles. The molecule has 0 aromatic heterocycles. The summed E-state index contributed by atoms with van der Waals surface area (Å²) in [6, 6.07) is 0. The number of hydrogen-bond donors (Lipinski definition) is 0. The van der Waals surface area contributed by atoms with Crippen molar-refractivity contribution in [3.8, 4) is 0 Å². The zero-order chi connectivity index (χ0) is 3.58. The van der Waals surface area contributed by atoms with Crippen LogP contribution in [0.15, 0.2) is 0 Å². The first-order valence-corrected chi connectivity index (χ1v) is 3.93. The van der Waals surface area contributed by atoms with Crippen molar-refractivity contribution in [2.45, 2.75) is 0 Å². The molecule has 1 unspecified atom stereocenters. The zero-order valence-electron chi connectivity index (χ0n) is 2.56. The van der Waals surface area contributed by atoms with Crippen LogP contribution in [0.5, 0.6) is 0 Å². The van der Waals surface area contributed by atoms with Gasteiger partial charge in [0.1, 0.15) is 0 Å². The Kier molecular flexibility index (Phi) is 2.14. The molecule has 3 heteroatoms. The molecule has 0 aliphatic heterocycles. The average Bonchev–Trinajstić information content (AvgIpc) is 0.811. The van der Waals surface area contributed by atoms with Gasteiger partial charge < -0.3 is 0 Å². The Bertz CT molecular complexity index is 56.4. The average molecular weight is 89.9 g/mol. The van der Waals surface area contributed by atoms with Crippen molar-refractivity contribution < 1.29 is 0 Å². The van der Waals surface area contributed by atoms with Gasteiger partial charge in [-0.15, -0.1) is 0 Å². The third kappa shape index (κ3) is 19.0. The fourth-order valence-electron chi connectivity index (χ4n) is 0. The number of rotatable bonds is 0. The molecule has 4 heavy (non-hydrogen) atoms. The quantitative estimate of drug-likeness (QED) is 0.306.